The number of para-hydroxylation sites is 1. The Morgan fingerprint density at radius 2 is 1.74 bits per heavy atom. The number of halogens is 1. The first-order valence-electron chi connectivity index (χ1n) is 12.5. The van der Waals surface area contributed by atoms with Crippen molar-refractivity contribution in [1.82, 2.24) is 14.3 Å². The van der Waals surface area contributed by atoms with Crippen LogP contribution in [0.3, 0.4) is 0 Å². The number of nitriles is 1. The Morgan fingerprint density at radius 3 is 2.26 bits per heavy atom. The fourth-order valence-electron chi connectivity index (χ4n) is 3.47. The molecule has 4 rings (SSSR count). The maximum Gasteiger partial charge on any atom is 0.232 e. The Hall–Kier alpha value is -3.90. The Bertz CT molecular complexity index is 1490. The molecule has 3 aromatic rings. The van der Waals surface area contributed by atoms with Crippen LogP contribution in [-0.4, -0.2) is 81.4 Å². The number of aromatic nitrogens is 2. The van der Waals surface area contributed by atoms with Crippen LogP contribution in [0.5, 0.6) is 0 Å². The first-order chi connectivity index (χ1) is 19.9. The van der Waals surface area contributed by atoms with Gasteiger partial charge >= 0.3 is 0 Å². The van der Waals surface area contributed by atoms with Crippen molar-refractivity contribution in [2.24, 2.45) is 5.73 Å². The number of hydrogen-bond donors (Lipinski definition) is 2. The molecule has 0 unspecified atom stereocenters. The highest BCUT2D eigenvalue weighted by Crippen LogP contribution is 2.26. The first kappa shape index (κ1) is 34.3. The summed E-state index contributed by atoms with van der Waals surface area (Å²) >= 11 is 7.71. The third-order valence-electron chi connectivity index (χ3n) is 5.60. The molecule has 0 radical (unpaired) electrons. The van der Waals surface area contributed by atoms with E-state index in [4.69, 9.17) is 16.9 Å². The standard InChI is InChI=1S/C16H17ClN6S.C9H11NO3S.C2H5NO/c1-19-12-2-4-14(5-3-12)24-23-8-6-22(7-9-23)16-20-13(11-18)10-15(17)21-16;1-10(14(2,12)13)9-6-4-3-5-8(9)7-11;1-2(3)4/h2-5,10,19H,6-9H2,1H3;3-7H,1-2H3;1H3,(H2,3,4). The fourth-order valence-corrected chi connectivity index (χ4v) is 5.07. The van der Waals surface area contributed by atoms with E-state index < -0.39 is 10.0 Å². The monoisotopic (exact) mass is 632 g/mol. The van der Waals surface area contributed by atoms with Gasteiger partial charge in [0, 0.05) is 69.4 Å². The smallest absolute Gasteiger partial charge is 0.232 e. The maximum atomic E-state index is 11.2. The van der Waals surface area contributed by atoms with Gasteiger partial charge in [-0.2, -0.15) is 5.26 Å². The zero-order chi connectivity index (χ0) is 31.3. The largest absolute Gasteiger partial charge is 0.388 e. The van der Waals surface area contributed by atoms with Crippen LogP contribution < -0.4 is 20.3 Å². The minimum atomic E-state index is -3.31. The molecule has 224 valence electrons. The summed E-state index contributed by atoms with van der Waals surface area (Å²) in [5.74, 6) is 0.196. The summed E-state index contributed by atoms with van der Waals surface area (Å²) in [5, 5.41) is 12.4. The quantitative estimate of drug-likeness (QED) is 0.223. The van der Waals surface area contributed by atoms with E-state index in [1.54, 1.807) is 36.2 Å². The van der Waals surface area contributed by atoms with Gasteiger partial charge in [-0.3, -0.25) is 13.9 Å². The number of anilines is 3. The van der Waals surface area contributed by atoms with Gasteiger partial charge in [-0.25, -0.2) is 22.7 Å². The molecule has 3 N–H and O–H groups in total. The van der Waals surface area contributed by atoms with Gasteiger partial charge in [-0.1, -0.05) is 23.7 Å². The zero-order valence-corrected chi connectivity index (χ0v) is 26.1. The third kappa shape index (κ3) is 11.2. The molecule has 2 aromatic carbocycles. The number of carbonyl (C=O) groups is 2. The van der Waals surface area contributed by atoms with Crippen molar-refractivity contribution < 1.29 is 18.0 Å². The van der Waals surface area contributed by atoms with Crippen molar-refractivity contribution in [2.45, 2.75) is 11.8 Å². The number of piperazine rings is 1. The number of nitrogens with zero attached hydrogens (tertiary/aromatic N) is 6. The van der Waals surface area contributed by atoms with Crippen LogP contribution in [0.25, 0.3) is 0 Å². The van der Waals surface area contributed by atoms with Crippen molar-refractivity contribution in [3.8, 4) is 6.07 Å². The van der Waals surface area contributed by atoms with Crippen molar-refractivity contribution in [3.05, 3.63) is 71.0 Å². The van der Waals surface area contributed by atoms with Gasteiger partial charge < -0.3 is 16.0 Å². The Labute approximate surface area is 255 Å². The number of aldehydes is 1. The SMILES string of the molecule is CC(N)=O.CN(c1ccccc1C=O)S(C)(=O)=O.CNc1ccc(SN2CCN(c3nc(Cl)cc(C#N)n3)CC2)cc1. The van der Waals surface area contributed by atoms with E-state index in [2.05, 4.69) is 54.5 Å². The van der Waals surface area contributed by atoms with E-state index in [1.807, 2.05) is 13.1 Å². The minimum absolute atomic E-state index is 0.298. The highest BCUT2D eigenvalue weighted by molar-refractivity contribution is 7.97. The van der Waals surface area contributed by atoms with Crippen LogP contribution in [0.4, 0.5) is 17.3 Å². The molecular formula is C27H33ClN8O4S2. The van der Waals surface area contributed by atoms with Gasteiger partial charge in [-0.05, 0) is 48.3 Å². The summed E-state index contributed by atoms with van der Waals surface area (Å²) in [6.45, 7) is 4.67. The number of amides is 1. The van der Waals surface area contributed by atoms with Crippen LogP contribution in [0.2, 0.25) is 5.15 Å². The normalized spacial score (nSPS) is 12.9. The second-order valence-corrected chi connectivity index (χ2v) is 12.4. The lowest BCUT2D eigenvalue weighted by atomic mass is 10.2. The van der Waals surface area contributed by atoms with Crippen molar-refractivity contribution >= 4 is 63.1 Å². The van der Waals surface area contributed by atoms with Gasteiger partial charge in [0.15, 0.2) is 6.29 Å². The number of rotatable bonds is 7. The molecule has 0 bridgehead atoms. The van der Waals surface area contributed by atoms with Crippen LogP contribution in [0.1, 0.15) is 23.0 Å². The number of hydrogen-bond acceptors (Lipinski definition) is 11. The number of sulfonamides is 1. The molecule has 2 heterocycles. The van der Waals surface area contributed by atoms with Crippen molar-refractivity contribution in [1.29, 1.82) is 5.26 Å². The number of benzene rings is 2. The van der Waals surface area contributed by atoms with Gasteiger partial charge in [0.2, 0.25) is 21.9 Å². The molecule has 0 atom stereocenters. The maximum absolute atomic E-state index is 11.2. The summed E-state index contributed by atoms with van der Waals surface area (Å²) in [6, 6.07) is 18.4. The number of primary amides is 1. The average molecular weight is 633 g/mol. The predicted octanol–water partition coefficient (Wildman–Crippen LogP) is 3.26. The number of carbonyl (C=O) groups excluding carboxylic acids is 2. The zero-order valence-electron chi connectivity index (χ0n) is 23.7. The lowest BCUT2D eigenvalue weighted by Gasteiger charge is -2.33. The summed E-state index contributed by atoms with van der Waals surface area (Å²) in [4.78, 5) is 31.6. The van der Waals surface area contributed by atoms with Gasteiger partial charge in [0.05, 0.1) is 11.9 Å². The highest BCUT2D eigenvalue weighted by Gasteiger charge is 2.21. The molecule has 42 heavy (non-hydrogen) atoms. The van der Waals surface area contributed by atoms with E-state index in [0.717, 1.165) is 42.4 Å². The number of nitrogens with one attached hydrogen (secondary N) is 1. The summed E-state index contributed by atoms with van der Waals surface area (Å²) in [7, 11) is 0.0140. The molecule has 1 amide bonds. The van der Waals surface area contributed by atoms with Crippen LogP contribution in [0, 0.1) is 11.3 Å². The molecule has 0 saturated carbocycles. The van der Waals surface area contributed by atoms with E-state index >= 15 is 0 Å². The van der Waals surface area contributed by atoms with Gasteiger partial charge in [0.25, 0.3) is 0 Å². The summed E-state index contributed by atoms with van der Waals surface area (Å²) in [5.41, 5.74) is 6.63. The highest BCUT2D eigenvalue weighted by atomic mass is 35.5. The van der Waals surface area contributed by atoms with E-state index in [1.165, 1.54) is 24.9 Å². The average Bonchev–Trinajstić information content (AvgIpc) is 2.96. The van der Waals surface area contributed by atoms with Crippen LogP contribution >= 0.6 is 23.5 Å². The lowest BCUT2D eigenvalue weighted by Crippen LogP contribution is -2.44. The molecule has 12 nitrogen and oxygen atoms in total. The Balaban J connectivity index is 0.000000290. The molecule has 1 aromatic heterocycles. The van der Waals surface area contributed by atoms with E-state index in [0.29, 0.717) is 34.3 Å². The van der Waals surface area contributed by atoms with Crippen molar-refractivity contribution in [2.75, 3.05) is 61.1 Å². The molecule has 1 aliphatic rings. The number of nitrogens with two attached hydrogens (primary N) is 1. The van der Waals surface area contributed by atoms with E-state index in [9.17, 15) is 18.0 Å². The molecular weight excluding hydrogens is 600 g/mol. The summed E-state index contributed by atoms with van der Waals surface area (Å²) in [6.07, 6.45) is 1.73. The molecule has 1 fully saturated rings. The molecule has 15 heteroatoms. The molecule has 0 spiro atoms. The van der Waals surface area contributed by atoms with Crippen LogP contribution in [-0.2, 0) is 14.8 Å². The third-order valence-corrected chi connectivity index (χ3v) is 8.09. The minimum Gasteiger partial charge on any atom is -0.388 e. The van der Waals surface area contributed by atoms with Crippen molar-refractivity contribution in [3.63, 3.8) is 0 Å². The van der Waals surface area contributed by atoms with Gasteiger partial charge in [-0.15, -0.1) is 0 Å². The first-order valence-corrected chi connectivity index (χ1v) is 15.5. The van der Waals surface area contributed by atoms with Gasteiger partial charge in [0.1, 0.15) is 16.9 Å². The molecule has 0 aliphatic carbocycles. The van der Waals surface area contributed by atoms with Crippen LogP contribution in [0.15, 0.2) is 59.5 Å². The Kier molecular flexibility index (Phi) is 13.5. The topological polar surface area (TPSA) is 166 Å². The van der Waals surface area contributed by atoms with E-state index in [-0.39, 0.29) is 5.91 Å². The Morgan fingerprint density at radius 1 is 1.14 bits per heavy atom. The fraction of sp³-hybridized carbons (Fsp3) is 0.296. The predicted molar refractivity (Wildman–Crippen MR) is 167 cm³/mol. The second kappa shape index (κ2) is 16.5. The molecule has 1 aliphatic heterocycles. The lowest BCUT2D eigenvalue weighted by molar-refractivity contribution is -0.115. The molecule has 1 saturated heterocycles. The summed E-state index contributed by atoms with van der Waals surface area (Å²) < 4.78 is 25.8. The second-order valence-electron chi connectivity index (χ2n) is 8.79.